The van der Waals surface area contributed by atoms with Crippen molar-refractivity contribution in [2.24, 2.45) is 0 Å². The van der Waals surface area contributed by atoms with Crippen LogP contribution in [0.15, 0.2) is 34.9 Å². The lowest BCUT2D eigenvalue weighted by atomic mass is 10.1. The molecular formula is C12H14ClNO. The Balaban J connectivity index is 2.35. The summed E-state index contributed by atoms with van der Waals surface area (Å²) in [5, 5.41) is 4.23. The van der Waals surface area contributed by atoms with Crippen LogP contribution in [-0.4, -0.2) is 13.1 Å². The average molecular weight is 224 g/mol. The standard InChI is InChI=1S/C12H14ClNO/c1-8(14-2)12(13)10-3-4-11-9(7-10)5-6-15-11/h3-8,12,14H,1-2H3. The highest BCUT2D eigenvalue weighted by atomic mass is 35.5. The zero-order chi connectivity index (χ0) is 10.8. The van der Waals surface area contributed by atoms with Gasteiger partial charge in [0, 0.05) is 11.4 Å². The first-order valence-corrected chi connectivity index (χ1v) is 5.44. The van der Waals surface area contributed by atoms with Crippen molar-refractivity contribution in [3.63, 3.8) is 0 Å². The van der Waals surface area contributed by atoms with Gasteiger partial charge in [-0.05, 0) is 37.7 Å². The number of fused-ring (bicyclic) bond motifs is 1. The fourth-order valence-corrected chi connectivity index (χ4v) is 1.85. The van der Waals surface area contributed by atoms with Gasteiger partial charge < -0.3 is 9.73 Å². The second-order valence-electron chi connectivity index (χ2n) is 3.70. The van der Waals surface area contributed by atoms with Crippen molar-refractivity contribution in [3.05, 3.63) is 36.1 Å². The van der Waals surface area contributed by atoms with E-state index < -0.39 is 0 Å². The lowest BCUT2D eigenvalue weighted by molar-refractivity contribution is 0.591. The van der Waals surface area contributed by atoms with Crippen LogP contribution >= 0.6 is 11.6 Å². The molecule has 0 aliphatic heterocycles. The molecule has 2 atom stereocenters. The van der Waals surface area contributed by atoms with E-state index in [0.717, 1.165) is 16.5 Å². The molecule has 0 aliphatic rings. The van der Waals surface area contributed by atoms with Crippen molar-refractivity contribution in [1.29, 1.82) is 0 Å². The number of rotatable bonds is 3. The lowest BCUT2D eigenvalue weighted by Gasteiger charge is -2.17. The molecule has 1 N–H and O–H groups in total. The Morgan fingerprint density at radius 3 is 2.87 bits per heavy atom. The van der Waals surface area contributed by atoms with E-state index in [1.54, 1.807) is 6.26 Å². The molecule has 0 saturated heterocycles. The molecule has 0 spiro atoms. The maximum Gasteiger partial charge on any atom is 0.133 e. The van der Waals surface area contributed by atoms with E-state index in [9.17, 15) is 0 Å². The monoisotopic (exact) mass is 223 g/mol. The molecule has 0 bridgehead atoms. The molecule has 2 unspecified atom stereocenters. The second kappa shape index (κ2) is 4.25. The summed E-state index contributed by atoms with van der Waals surface area (Å²) in [7, 11) is 1.91. The first kappa shape index (κ1) is 10.5. The maximum atomic E-state index is 6.33. The molecule has 2 aromatic rings. The third-order valence-electron chi connectivity index (χ3n) is 2.69. The zero-order valence-electron chi connectivity index (χ0n) is 8.83. The SMILES string of the molecule is CNC(C)C(Cl)c1ccc2occc2c1. The molecule has 2 rings (SSSR count). The van der Waals surface area contributed by atoms with Gasteiger partial charge in [0.25, 0.3) is 0 Å². The van der Waals surface area contributed by atoms with E-state index >= 15 is 0 Å². The Kier molecular flexibility index (Phi) is 2.98. The van der Waals surface area contributed by atoms with Gasteiger partial charge >= 0.3 is 0 Å². The lowest BCUT2D eigenvalue weighted by Crippen LogP contribution is -2.25. The first-order valence-electron chi connectivity index (χ1n) is 5.01. The number of hydrogen-bond donors (Lipinski definition) is 1. The topological polar surface area (TPSA) is 25.2 Å². The number of furan rings is 1. The third-order valence-corrected chi connectivity index (χ3v) is 3.32. The molecule has 0 radical (unpaired) electrons. The molecule has 15 heavy (non-hydrogen) atoms. The predicted octanol–water partition coefficient (Wildman–Crippen LogP) is 3.32. The summed E-state index contributed by atoms with van der Waals surface area (Å²) in [5.74, 6) is 0. The summed E-state index contributed by atoms with van der Waals surface area (Å²) in [6, 6.07) is 8.24. The minimum atomic E-state index is -0.0192. The molecule has 0 saturated carbocycles. The number of alkyl halides is 1. The van der Waals surface area contributed by atoms with Gasteiger partial charge in [0.05, 0.1) is 11.6 Å². The number of benzene rings is 1. The Labute approximate surface area is 94.2 Å². The van der Waals surface area contributed by atoms with Gasteiger partial charge in [-0.2, -0.15) is 0 Å². The molecule has 1 aromatic heterocycles. The van der Waals surface area contributed by atoms with Gasteiger partial charge in [0.15, 0.2) is 0 Å². The number of halogens is 1. The molecule has 80 valence electrons. The van der Waals surface area contributed by atoms with Gasteiger partial charge in [-0.25, -0.2) is 0 Å². The quantitative estimate of drug-likeness (QED) is 0.808. The number of nitrogens with one attached hydrogen (secondary N) is 1. The summed E-state index contributed by atoms with van der Waals surface area (Å²) in [5.41, 5.74) is 2.02. The molecule has 0 amide bonds. The van der Waals surface area contributed by atoms with E-state index in [4.69, 9.17) is 16.0 Å². The van der Waals surface area contributed by atoms with Gasteiger partial charge in [0.2, 0.25) is 0 Å². The third kappa shape index (κ3) is 2.01. The van der Waals surface area contributed by atoms with Crippen LogP contribution < -0.4 is 5.32 Å². The predicted molar refractivity (Wildman–Crippen MR) is 63.3 cm³/mol. The Hall–Kier alpha value is -0.990. The highest BCUT2D eigenvalue weighted by Gasteiger charge is 2.15. The molecule has 1 aromatic carbocycles. The van der Waals surface area contributed by atoms with Crippen molar-refractivity contribution in [1.82, 2.24) is 5.32 Å². The first-order chi connectivity index (χ1) is 7.22. The van der Waals surface area contributed by atoms with Crippen molar-refractivity contribution < 1.29 is 4.42 Å². The van der Waals surface area contributed by atoms with Crippen LogP contribution in [-0.2, 0) is 0 Å². The van der Waals surface area contributed by atoms with Crippen molar-refractivity contribution in [2.75, 3.05) is 7.05 Å². The number of hydrogen-bond acceptors (Lipinski definition) is 2. The van der Waals surface area contributed by atoms with Crippen LogP contribution in [0, 0.1) is 0 Å². The van der Waals surface area contributed by atoms with Crippen LogP contribution in [0.5, 0.6) is 0 Å². The second-order valence-corrected chi connectivity index (χ2v) is 4.17. The average Bonchev–Trinajstić information content (AvgIpc) is 2.73. The van der Waals surface area contributed by atoms with E-state index in [-0.39, 0.29) is 11.4 Å². The van der Waals surface area contributed by atoms with E-state index in [1.807, 2.05) is 25.2 Å². The highest BCUT2D eigenvalue weighted by molar-refractivity contribution is 6.21. The Morgan fingerprint density at radius 1 is 1.33 bits per heavy atom. The minimum Gasteiger partial charge on any atom is -0.464 e. The molecular weight excluding hydrogens is 210 g/mol. The van der Waals surface area contributed by atoms with Gasteiger partial charge in [-0.3, -0.25) is 0 Å². The summed E-state index contributed by atoms with van der Waals surface area (Å²) < 4.78 is 5.28. The Bertz CT molecular complexity index is 452. The van der Waals surface area contributed by atoms with Crippen LogP contribution in [0.4, 0.5) is 0 Å². The normalized spacial score (nSPS) is 15.4. The van der Waals surface area contributed by atoms with E-state index in [1.165, 1.54) is 0 Å². The van der Waals surface area contributed by atoms with Gasteiger partial charge in [-0.15, -0.1) is 11.6 Å². The minimum absolute atomic E-state index is 0.0192. The smallest absolute Gasteiger partial charge is 0.133 e. The van der Waals surface area contributed by atoms with Crippen LogP contribution in [0.25, 0.3) is 11.0 Å². The molecule has 1 heterocycles. The summed E-state index contributed by atoms with van der Waals surface area (Å²) in [4.78, 5) is 0. The largest absolute Gasteiger partial charge is 0.464 e. The van der Waals surface area contributed by atoms with Crippen molar-refractivity contribution in [2.45, 2.75) is 18.3 Å². The molecule has 3 heteroatoms. The van der Waals surface area contributed by atoms with Gasteiger partial charge in [-0.1, -0.05) is 6.07 Å². The fraction of sp³-hybridized carbons (Fsp3) is 0.333. The molecule has 0 fully saturated rings. The maximum absolute atomic E-state index is 6.33. The number of likely N-dealkylation sites (N-methyl/N-ethyl adjacent to an activating group) is 1. The van der Waals surface area contributed by atoms with Crippen LogP contribution in [0.3, 0.4) is 0 Å². The van der Waals surface area contributed by atoms with E-state index in [0.29, 0.717) is 0 Å². The van der Waals surface area contributed by atoms with Crippen LogP contribution in [0.2, 0.25) is 0 Å². The van der Waals surface area contributed by atoms with E-state index in [2.05, 4.69) is 18.3 Å². The van der Waals surface area contributed by atoms with Gasteiger partial charge in [0.1, 0.15) is 5.58 Å². The highest BCUT2D eigenvalue weighted by Crippen LogP contribution is 2.27. The van der Waals surface area contributed by atoms with Crippen molar-refractivity contribution in [3.8, 4) is 0 Å². The molecule has 0 aliphatic carbocycles. The Morgan fingerprint density at radius 2 is 2.13 bits per heavy atom. The summed E-state index contributed by atoms with van der Waals surface area (Å²) in [6.45, 7) is 2.07. The summed E-state index contributed by atoms with van der Waals surface area (Å²) in [6.07, 6.45) is 1.69. The zero-order valence-corrected chi connectivity index (χ0v) is 9.58. The summed E-state index contributed by atoms with van der Waals surface area (Å²) >= 11 is 6.33. The van der Waals surface area contributed by atoms with Crippen LogP contribution in [0.1, 0.15) is 17.9 Å². The fourth-order valence-electron chi connectivity index (χ4n) is 1.59. The van der Waals surface area contributed by atoms with Crippen molar-refractivity contribution >= 4 is 22.6 Å². The molecule has 2 nitrogen and oxygen atoms in total.